The van der Waals surface area contributed by atoms with E-state index in [1.54, 1.807) is 0 Å². The molecule has 0 fully saturated rings. The summed E-state index contributed by atoms with van der Waals surface area (Å²) in [6.45, 7) is 4.49. The lowest BCUT2D eigenvalue weighted by Crippen LogP contribution is -1.95. The maximum atomic E-state index is 6.16. The van der Waals surface area contributed by atoms with E-state index < -0.39 is 0 Å². The summed E-state index contributed by atoms with van der Waals surface area (Å²) in [5, 5.41) is 2.27. The molecular formula is C27H23NO. The predicted octanol–water partition coefficient (Wildman–Crippen LogP) is 7.51. The first-order valence-corrected chi connectivity index (χ1v) is 10.1. The van der Waals surface area contributed by atoms with Crippen molar-refractivity contribution in [2.24, 2.45) is 5.92 Å². The van der Waals surface area contributed by atoms with E-state index in [1.807, 2.05) is 12.3 Å². The Morgan fingerprint density at radius 2 is 1.55 bits per heavy atom. The van der Waals surface area contributed by atoms with Crippen LogP contribution in [0, 0.1) is 5.92 Å². The van der Waals surface area contributed by atoms with Crippen molar-refractivity contribution in [3.05, 3.63) is 90.6 Å². The molecule has 0 saturated carbocycles. The fraction of sp³-hybridized carbons (Fsp3) is 0.148. The quantitative estimate of drug-likeness (QED) is 0.324. The molecule has 2 aromatic heterocycles. The van der Waals surface area contributed by atoms with Crippen LogP contribution in [0.4, 0.5) is 0 Å². The molecule has 2 heterocycles. The number of fused-ring (bicyclic) bond motifs is 3. The van der Waals surface area contributed by atoms with Crippen LogP contribution in [-0.4, -0.2) is 4.98 Å². The Labute approximate surface area is 170 Å². The van der Waals surface area contributed by atoms with Gasteiger partial charge in [-0.2, -0.15) is 0 Å². The molecule has 0 saturated heterocycles. The molecule has 0 aliphatic heterocycles. The average Bonchev–Trinajstić information content (AvgIpc) is 3.11. The molecule has 0 radical (unpaired) electrons. The average molecular weight is 377 g/mol. The summed E-state index contributed by atoms with van der Waals surface area (Å²) in [5.41, 5.74) is 7.65. The Hall–Kier alpha value is -3.39. The minimum Gasteiger partial charge on any atom is -0.456 e. The highest BCUT2D eigenvalue weighted by atomic mass is 16.3. The molecular weight excluding hydrogens is 354 g/mol. The number of hydrogen-bond acceptors (Lipinski definition) is 2. The second-order valence-corrected chi connectivity index (χ2v) is 8.04. The summed E-state index contributed by atoms with van der Waals surface area (Å²) in [5.74, 6) is 0.629. The summed E-state index contributed by atoms with van der Waals surface area (Å²) in [7, 11) is 0. The topological polar surface area (TPSA) is 26.0 Å². The molecule has 0 aliphatic rings. The van der Waals surface area contributed by atoms with Gasteiger partial charge in [-0.15, -0.1) is 0 Å². The molecule has 2 heteroatoms. The van der Waals surface area contributed by atoms with Crippen LogP contribution in [0.25, 0.3) is 44.3 Å². The highest BCUT2D eigenvalue weighted by molar-refractivity contribution is 6.07. The molecule has 0 bridgehead atoms. The molecule has 0 unspecified atom stereocenters. The number of aromatic nitrogens is 1. The second-order valence-electron chi connectivity index (χ2n) is 8.04. The van der Waals surface area contributed by atoms with Crippen LogP contribution >= 0.6 is 0 Å². The highest BCUT2D eigenvalue weighted by Crippen LogP contribution is 2.34. The molecule has 29 heavy (non-hydrogen) atoms. The Kier molecular flexibility index (Phi) is 4.40. The third-order valence-electron chi connectivity index (χ3n) is 5.34. The van der Waals surface area contributed by atoms with Crippen molar-refractivity contribution in [2.45, 2.75) is 20.3 Å². The van der Waals surface area contributed by atoms with Crippen molar-refractivity contribution in [3.8, 4) is 22.4 Å². The molecule has 0 N–H and O–H groups in total. The van der Waals surface area contributed by atoms with E-state index >= 15 is 0 Å². The van der Waals surface area contributed by atoms with E-state index in [0.717, 1.165) is 39.6 Å². The van der Waals surface area contributed by atoms with Gasteiger partial charge in [-0.05, 0) is 71.5 Å². The highest BCUT2D eigenvalue weighted by Gasteiger charge is 2.11. The summed E-state index contributed by atoms with van der Waals surface area (Å²) < 4.78 is 6.16. The molecule has 0 atom stereocenters. The fourth-order valence-corrected chi connectivity index (χ4v) is 3.98. The van der Waals surface area contributed by atoms with Crippen LogP contribution in [0.1, 0.15) is 19.4 Å². The van der Waals surface area contributed by atoms with Gasteiger partial charge in [-0.25, -0.2) is 0 Å². The molecule has 5 rings (SSSR count). The van der Waals surface area contributed by atoms with Crippen molar-refractivity contribution in [1.29, 1.82) is 0 Å². The standard InChI is InChI=1S/C27H23NO/c1-18(2)14-19-12-13-28-25(15-19)22-9-11-26-24(16-22)23-10-8-21(17-27(23)29-26)20-6-4-3-5-7-20/h3-13,15-18H,14H2,1-2H3. The van der Waals surface area contributed by atoms with Gasteiger partial charge in [0, 0.05) is 22.5 Å². The number of benzene rings is 3. The number of hydrogen-bond donors (Lipinski definition) is 0. The van der Waals surface area contributed by atoms with Crippen molar-refractivity contribution >= 4 is 21.9 Å². The lowest BCUT2D eigenvalue weighted by Gasteiger charge is -2.07. The Morgan fingerprint density at radius 3 is 2.38 bits per heavy atom. The maximum absolute atomic E-state index is 6.16. The van der Waals surface area contributed by atoms with Gasteiger partial charge in [0.25, 0.3) is 0 Å². The van der Waals surface area contributed by atoms with E-state index in [2.05, 4.69) is 91.6 Å². The fourth-order valence-electron chi connectivity index (χ4n) is 3.98. The minimum absolute atomic E-state index is 0.629. The van der Waals surface area contributed by atoms with E-state index in [4.69, 9.17) is 4.42 Å². The Morgan fingerprint density at radius 1 is 0.724 bits per heavy atom. The maximum Gasteiger partial charge on any atom is 0.136 e. The van der Waals surface area contributed by atoms with Crippen molar-refractivity contribution < 1.29 is 4.42 Å². The zero-order valence-electron chi connectivity index (χ0n) is 16.7. The van der Waals surface area contributed by atoms with Crippen LogP contribution in [0.15, 0.2) is 89.5 Å². The van der Waals surface area contributed by atoms with Crippen LogP contribution in [-0.2, 0) is 6.42 Å². The Bertz CT molecular complexity index is 1300. The normalized spacial score (nSPS) is 11.6. The molecule has 5 aromatic rings. The SMILES string of the molecule is CC(C)Cc1ccnc(-c2ccc3oc4cc(-c5ccccc5)ccc4c3c2)c1. The Balaban J connectivity index is 1.59. The number of rotatable bonds is 4. The van der Waals surface area contributed by atoms with Gasteiger partial charge in [-0.3, -0.25) is 4.98 Å². The molecule has 3 aromatic carbocycles. The van der Waals surface area contributed by atoms with Gasteiger partial charge in [0.05, 0.1) is 5.69 Å². The first-order valence-electron chi connectivity index (χ1n) is 10.1. The monoisotopic (exact) mass is 377 g/mol. The van der Waals surface area contributed by atoms with Crippen LogP contribution in [0.2, 0.25) is 0 Å². The van der Waals surface area contributed by atoms with Gasteiger partial charge in [0.15, 0.2) is 0 Å². The number of pyridine rings is 1. The largest absolute Gasteiger partial charge is 0.456 e. The number of nitrogens with zero attached hydrogens (tertiary/aromatic N) is 1. The third kappa shape index (κ3) is 3.42. The lowest BCUT2D eigenvalue weighted by atomic mass is 10.0. The van der Waals surface area contributed by atoms with Gasteiger partial charge in [-0.1, -0.05) is 50.2 Å². The third-order valence-corrected chi connectivity index (χ3v) is 5.34. The van der Waals surface area contributed by atoms with Crippen molar-refractivity contribution in [2.75, 3.05) is 0 Å². The van der Waals surface area contributed by atoms with Crippen LogP contribution < -0.4 is 0 Å². The molecule has 2 nitrogen and oxygen atoms in total. The zero-order valence-corrected chi connectivity index (χ0v) is 16.7. The summed E-state index contributed by atoms with van der Waals surface area (Å²) in [4.78, 5) is 4.61. The van der Waals surface area contributed by atoms with Crippen molar-refractivity contribution in [3.63, 3.8) is 0 Å². The van der Waals surface area contributed by atoms with Crippen LogP contribution in [0.5, 0.6) is 0 Å². The van der Waals surface area contributed by atoms with E-state index in [0.29, 0.717) is 5.92 Å². The summed E-state index contributed by atoms with van der Waals surface area (Å²) >= 11 is 0. The van der Waals surface area contributed by atoms with E-state index in [-0.39, 0.29) is 0 Å². The summed E-state index contributed by atoms with van der Waals surface area (Å²) in [6.07, 6.45) is 2.98. The smallest absolute Gasteiger partial charge is 0.136 e. The first kappa shape index (κ1) is 17.7. The molecule has 0 spiro atoms. The minimum atomic E-state index is 0.629. The lowest BCUT2D eigenvalue weighted by molar-refractivity contribution is 0.647. The van der Waals surface area contributed by atoms with Gasteiger partial charge >= 0.3 is 0 Å². The van der Waals surface area contributed by atoms with Gasteiger partial charge in [0.1, 0.15) is 11.2 Å². The molecule has 0 amide bonds. The summed E-state index contributed by atoms with van der Waals surface area (Å²) in [6, 6.07) is 27.5. The van der Waals surface area contributed by atoms with Gasteiger partial charge in [0.2, 0.25) is 0 Å². The van der Waals surface area contributed by atoms with Gasteiger partial charge < -0.3 is 4.42 Å². The van der Waals surface area contributed by atoms with E-state index in [1.165, 1.54) is 16.7 Å². The van der Waals surface area contributed by atoms with Crippen molar-refractivity contribution in [1.82, 2.24) is 4.98 Å². The van der Waals surface area contributed by atoms with E-state index in [9.17, 15) is 0 Å². The molecule has 142 valence electrons. The molecule has 0 aliphatic carbocycles. The second kappa shape index (κ2) is 7.21. The first-order chi connectivity index (χ1) is 14.2. The zero-order chi connectivity index (χ0) is 19.8. The number of furan rings is 1. The van der Waals surface area contributed by atoms with Crippen LogP contribution in [0.3, 0.4) is 0 Å². The predicted molar refractivity (Wildman–Crippen MR) is 121 cm³/mol.